The molecular weight excluding hydrogens is 436 g/mol. The quantitative estimate of drug-likeness (QED) is 0.418. The van der Waals surface area contributed by atoms with Gasteiger partial charge in [-0.05, 0) is 44.9 Å². The average Bonchev–Trinajstić information content (AvgIpc) is 2.88. The SMILES string of the molecule is CCNC(=NCc1oc2ccc(F)cc2c1C)N1CCC(O)CC1.I. The summed E-state index contributed by atoms with van der Waals surface area (Å²) in [5.41, 5.74) is 1.61. The van der Waals surface area contributed by atoms with Gasteiger partial charge in [0.15, 0.2) is 5.96 Å². The molecule has 5 nitrogen and oxygen atoms in total. The van der Waals surface area contributed by atoms with Crippen molar-refractivity contribution < 1.29 is 13.9 Å². The van der Waals surface area contributed by atoms with Crippen LogP contribution in [-0.4, -0.2) is 41.7 Å². The third-order valence-corrected chi connectivity index (χ3v) is 4.47. The van der Waals surface area contributed by atoms with Gasteiger partial charge in [0, 0.05) is 30.6 Å². The number of halogens is 2. The van der Waals surface area contributed by atoms with E-state index in [-0.39, 0.29) is 35.9 Å². The molecule has 3 rings (SSSR count). The molecule has 1 aliphatic heterocycles. The Labute approximate surface area is 164 Å². The Bertz CT molecular complexity index is 739. The van der Waals surface area contributed by atoms with Gasteiger partial charge in [-0.15, -0.1) is 24.0 Å². The predicted molar refractivity (Wildman–Crippen MR) is 108 cm³/mol. The zero-order chi connectivity index (χ0) is 17.1. The Kier molecular flexibility index (Phi) is 7.06. The predicted octanol–water partition coefficient (Wildman–Crippen LogP) is 3.42. The van der Waals surface area contributed by atoms with Crippen molar-refractivity contribution in [2.24, 2.45) is 4.99 Å². The van der Waals surface area contributed by atoms with Crippen molar-refractivity contribution in [3.63, 3.8) is 0 Å². The number of nitrogens with zero attached hydrogens (tertiary/aromatic N) is 2. The number of nitrogens with one attached hydrogen (secondary N) is 1. The number of aliphatic hydroxyl groups is 1. The summed E-state index contributed by atoms with van der Waals surface area (Å²) < 4.78 is 19.2. The van der Waals surface area contributed by atoms with E-state index in [4.69, 9.17) is 4.42 Å². The maximum Gasteiger partial charge on any atom is 0.194 e. The third kappa shape index (κ3) is 4.63. The van der Waals surface area contributed by atoms with E-state index in [1.54, 1.807) is 6.07 Å². The smallest absolute Gasteiger partial charge is 0.194 e. The minimum Gasteiger partial charge on any atom is -0.459 e. The number of aryl methyl sites for hydroxylation is 1. The van der Waals surface area contributed by atoms with Crippen LogP contribution in [0.4, 0.5) is 4.39 Å². The highest BCUT2D eigenvalue weighted by Crippen LogP contribution is 2.26. The molecule has 1 aromatic heterocycles. The summed E-state index contributed by atoms with van der Waals surface area (Å²) in [5, 5.41) is 13.7. The zero-order valence-corrected chi connectivity index (χ0v) is 16.9. The van der Waals surface area contributed by atoms with Gasteiger partial charge in [0.05, 0.1) is 6.10 Å². The summed E-state index contributed by atoms with van der Waals surface area (Å²) in [4.78, 5) is 6.83. The lowest BCUT2D eigenvalue weighted by Gasteiger charge is -2.32. The number of hydrogen-bond acceptors (Lipinski definition) is 3. The van der Waals surface area contributed by atoms with Crippen molar-refractivity contribution >= 4 is 40.9 Å². The van der Waals surface area contributed by atoms with Crippen molar-refractivity contribution in [3.8, 4) is 0 Å². The summed E-state index contributed by atoms with van der Waals surface area (Å²) in [6, 6.07) is 4.56. The number of furan rings is 1. The molecule has 7 heteroatoms. The molecule has 0 spiro atoms. The maximum atomic E-state index is 13.4. The molecule has 1 aliphatic rings. The van der Waals surface area contributed by atoms with Crippen molar-refractivity contribution in [1.82, 2.24) is 10.2 Å². The van der Waals surface area contributed by atoms with Gasteiger partial charge in [-0.1, -0.05) is 0 Å². The monoisotopic (exact) mass is 461 g/mol. The molecule has 0 atom stereocenters. The third-order valence-electron chi connectivity index (χ3n) is 4.47. The number of piperidine rings is 1. The van der Waals surface area contributed by atoms with Crippen LogP contribution in [-0.2, 0) is 6.54 Å². The highest BCUT2D eigenvalue weighted by molar-refractivity contribution is 14.0. The number of likely N-dealkylation sites (tertiary alicyclic amines) is 1. The van der Waals surface area contributed by atoms with Gasteiger partial charge in [0.25, 0.3) is 0 Å². The average molecular weight is 461 g/mol. The Morgan fingerprint density at radius 3 is 2.80 bits per heavy atom. The Hall–Kier alpha value is -1.35. The van der Waals surface area contributed by atoms with Crippen LogP contribution in [0.3, 0.4) is 0 Å². The largest absolute Gasteiger partial charge is 0.459 e. The fourth-order valence-electron chi connectivity index (χ4n) is 3.04. The summed E-state index contributed by atoms with van der Waals surface area (Å²) in [6.07, 6.45) is 1.30. The molecule has 0 saturated carbocycles. The standard InChI is InChI=1S/C18H24FN3O2.HI/c1-3-20-18(22-8-6-14(23)7-9-22)21-11-17-12(2)15-10-13(19)4-5-16(15)24-17;/h4-5,10,14,23H,3,6-9,11H2,1-2H3,(H,20,21);1H. The Balaban J connectivity index is 0.00000225. The number of aliphatic imine (C=N–C) groups is 1. The fourth-order valence-corrected chi connectivity index (χ4v) is 3.04. The van der Waals surface area contributed by atoms with E-state index in [2.05, 4.69) is 15.2 Å². The van der Waals surface area contributed by atoms with E-state index in [1.807, 2.05) is 13.8 Å². The lowest BCUT2D eigenvalue weighted by molar-refractivity contribution is 0.108. The molecule has 2 heterocycles. The molecule has 138 valence electrons. The van der Waals surface area contributed by atoms with Gasteiger partial charge in [-0.2, -0.15) is 0 Å². The molecule has 1 saturated heterocycles. The molecule has 1 fully saturated rings. The second kappa shape index (κ2) is 8.84. The number of fused-ring (bicyclic) bond motifs is 1. The van der Waals surface area contributed by atoms with E-state index in [1.165, 1.54) is 12.1 Å². The molecule has 0 aliphatic carbocycles. The van der Waals surface area contributed by atoms with Crippen LogP contribution in [0.1, 0.15) is 31.1 Å². The molecule has 1 aromatic carbocycles. The van der Waals surface area contributed by atoms with Crippen molar-refractivity contribution in [3.05, 3.63) is 35.3 Å². The molecule has 0 bridgehead atoms. The number of aliphatic hydroxyl groups excluding tert-OH is 1. The first-order chi connectivity index (χ1) is 11.6. The van der Waals surface area contributed by atoms with Crippen molar-refractivity contribution in [1.29, 1.82) is 0 Å². The second-order valence-corrected chi connectivity index (χ2v) is 6.18. The summed E-state index contributed by atoms with van der Waals surface area (Å²) >= 11 is 0. The van der Waals surface area contributed by atoms with Gasteiger partial charge in [0.2, 0.25) is 0 Å². The fraction of sp³-hybridized carbons (Fsp3) is 0.500. The van der Waals surface area contributed by atoms with E-state index >= 15 is 0 Å². The lowest BCUT2D eigenvalue weighted by atomic mass is 10.1. The number of rotatable bonds is 3. The molecule has 0 amide bonds. The molecule has 0 radical (unpaired) electrons. The molecule has 0 unspecified atom stereocenters. The van der Waals surface area contributed by atoms with E-state index in [0.717, 1.165) is 55.1 Å². The first-order valence-electron chi connectivity index (χ1n) is 8.47. The van der Waals surface area contributed by atoms with Crippen LogP contribution in [0.2, 0.25) is 0 Å². The number of guanidine groups is 1. The minimum atomic E-state index is -0.262. The lowest BCUT2D eigenvalue weighted by Crippen LogP contribution is -2.46. The summed E-state index contributed by atoms with van der Waals surface area (Å²) in [5.74, 6) is 1.32. The van der Waals surface area contributed by atoms with E-state index in [9.17, 15) is 9.50 Å². The normalized spacial score (nSPS) is 16.2. The van der Waals surface area contributed by atoms with Gasteiger partial charge >= 0.3 is 0 Å². The minimum absolute atomic E-state index is 0. The molecular formula is C18H25FIN3O2. The van der Waals surface area contributed by atoms with Gasteiger partial charge in [0.1, 0.15) is 23.7 Å². The first kappa shape index (κ1) is 20.0. The van der Waals surface area contributed by atoms with Gasteiger partial charge in [-0.3, -0.25) is 0 Å². The molecule has 2 N–H and O–H groups in total. The highest BCUT2D eigenvalue weighted by Gasteiger charge is 2.20. The zero-order valence-electron chi connectivity index (χ0n) is 14.6. The van der Waals surface area contributed by atoms with Crippen LogP contribution in [0, 0.1) is 12.7 Å². The number of benzene rings is 1. The van der Waals surface area contributed by atoms with E-state index < -0.39 is 0 Å². The van der Waals surface area contributed by atoms with Crippen molar-refractivity contribution in [2.75, 3.05) is 19.6 Å². The van der Waals surface area contributed by atoms with Crippen LogP contribution in [0.5, 0.6) is 0 Å². The van der Waals surface area contributed by atoms with Crippen LogP contribution in [0.15, 0.2) is 27.6 Å². The Morgan fingerprint density at radius 1 is 1.40 bits per heavy atom. The van der Waals surface area contributed by atoms with Crippen LogP contribution >= 0.6 is 24.0 Å². The van der Waals surface area contributed by atoms with E-state index in [0.29, 0.717) is 12.1 Å². The van der Waals surface area contributed by atoms with Crippen LogP contribution in [0.25, 0.3) is 11.0 Å². The highest BCUT2D eigenvalue weighted by atomic mass is 127. The van der Waals surface area contributed by atoms with Crippen molar-refractivity contribution in [2.45, 2.75) is 39.3 Å². The summed E-state index contributed by atoms with van der Waals surface area (Å²) in [7, 11) is 0. The Morgan fingerprint density at radius 2 is 2.12 bits per heavy atom. The van der Waals surface area contributed by atoms with Gasteiger partial charge < -0.3 is 19.7 Å². The van der Waals surface area contributed by atoms with Gasteiger partial charge in [-0.25, -0.2) is 9.38 Å². The molecule has 2 aromatic rings. The summed E-state index contributed by atoms with van der Waals surface area (Å²) in [6.45, 7) is 6.73. The maximum absolute atomic E-state index is 13.4. The second-order valence-electron chi connectivity index (χ2n) is 6.18. The first-order valence-corrected chi connectivity index (χ1v) is 8.47. The van der Waals surface area contributed by atoms with Crippen LogP contribution < -0.4 is 5.32 Å². The molecule has 25 heavy (non-hydrogen) atoms. The topological polar surface area (TPSA) is 61.0 Å². The number of hydrogen-bond donors (Lipinski definition) is 2.